The standard InChI is InChI=1S/C32H33ClN8O2.C24H26Cl2N6O2.C16H14Cl2N4O2.C8H9BN2O2.C8H14N2O.3CH4/c1-7-25(42)39-12-13-40(20(6)16-39)30-21-14-23(33)28(26-18(4)8-9-24-22(26)15-35-38-24)36-31(21)41(32(43)37-30)29-19(5)10-11-34-27(29)17(2)3;1-6-18(33)30-9-10-31(15(5)12-30)22-16-11-17(25)21(26)28-23(16)32(24(34)29-22)20-14(4)7-8-27-19(20)13(2)3;1-7(2)11-12(8(3)4-5-19-11)22-14-9(15(23)21-16(22)24)6-10(17)13(18)20-14;1-5-2-3-7-6(4-10-11-7)8(5)9(12)13;1-3-8(11)10-5-4-9-7(2)6-10;;;/h7-11,14-15,17,20H,1,12-13,16H2,2-6H3,(H,35,38);6-8,11,13,15H,1,9-10,12H2,2-5H3;4-7H,1-3H3,(H,21,23,24);2-4,12-13H,1H3,(H,10,11);3,7,9H,1,4-6H2,2H3;3*1H4/t20-;15-;;;7-;;;/m00..0.../s1. The summed E-state index contributed by atoms with van der Waals surface area (Å²) < 4.78 is 4.38. The topological polar surface area (TPSA) is 379 Å². The molecule has 3 saturated heterocycles. The van der Waals surface area contributed by atoms with Crippen molar-refractivity contribution in [3.63, 3.8) is 0 Å². The van der Waals surface area contributed by atoms with Gasteiger partial charge in [0.15, 0.2) is 16.9 Å². The Balaban J connectivity index is 0.000000194. The highest BCUT2D eigenvalue weighted by molar-refractivity contribution is 6.62. The summed E-state index contributed by atoms with van der Waals surface area (Å²) in [5.74, 6) is 0.926. The van der Waals surface area contributed by atoms with Gasteiger partial charge in [0.2, 0.25) is 17.7 Å². The van der Waals surface area contributed by atoms with Gasteiger partial charge < -0.3 is 39.9 Å². The monoisotopic (exact) mass is 1840 g/mol. The molecule has 6 N–H and O–H groups in total. The van der Waals surface area contributed by atoms with Crippen LogP contribution in [0.5, 0.6) is 0 Å². The van der Waals surface area contributed by atoms with Crippen LogP contribution in [0.25, 0.3) is 83.2 Å². The van der Waals surface area contributed by atoms with Crippen molar-refractivity contribution in [2.45, 2.75) is 155 Å². The largest absolute Gasteiger partial charge is 0.489 e. The number of halogens is 5. The van der Waals surface area contributed by atoms with Crippen molar-refractivity contribution in [1.82, 2.24) is 99.0 Å². The van der Waals surface area contributed by atoms with Crippen molar-refractivity contribution in [3.05, 3.63) is 242 Å². The number of aryl methyl sites for hydroxylation is 5. The molecule has 3 fully saturated rings. The van der Waals surface area contributed by atoms with Crippen molar-refractivity contribution < 1.29 is 24.4 Å². The Labute approximate surface area is 767 Å². The molecule has 0 unspecified atom stereocenters. The fraction of sp³-hybridized carbons (Fsp3) is 0.352. The minimum atomic E-state index is -1.44. The van der Waals surface area contributed by atoms with Crippen LogP contribution in [0.4, 0.5) is 11.6 Å². The number of rotatable bonds is 13. The SMILES string of the molecule is C.C.C.C=CC(=O)N1CCN(c2nc(=O)n(-c3c(C)ccnc3C(C)C)c3nc(-c4c(C)ccc5[nH]ncc45)c(Cl)cc23)[C@@H](C)C1.C=CC(=O)N1CCN(c2nc(=O)n(-c3c(C)ccnc3C(C)C)c3nc(Cl)c(Cl)cc23)[C@@H](C)C1.C=CC(=O)N1CCN[C@@H](C)C1.Cc1ccc2[nH]ncc2c1B(O)O.Cc1ccnc(C(C)C)c1-n1c(=O)[nH]c(=O)c2cc(Cl)c(Cl)nc21. The smallest absolute Gasteiger partial charge is 0.423 e. The molecule has 674 valence electrons. The first kappa shape index (κ1) is 99.9. The lowest BCUT2D eigenvalue weighted by molar-refractivity contribution is -0.127. The van der Waals surface area contributed by atoms with Gasteiger partial charge in [-0.15, -0.1) is 0 Å². The molecule has 0 saturated carbocycles. The van der Waals surface area contributed by atoms with Gasteiger partial charge in [0, 0.05) is 112 Å². The fourth-order valence-corrected chi connectivity index (χ4v) is 16.6. The van der Waals surface area contributed by atoms with E-state index in [1.54, 1.807) is 57.5 Å². The van der Waals surface area contributed by atoms with E-state index in [4.69, 9.17) is 73.0 Å². The molecule has 13 aromatic rings. The lowest BCUT2D eigenvalue weighted by atomic mass is 9.75. The fourth-order valence-electron chi connectivity index (χ4n) is 15.8. The molecule has 3 aliphatic heterocycles. The molecular formula is C91H108BCl5N22O9. The summed E-state index contributed by atoms with van der Waals surface area (Å²) >= 11 is 31.7. The third-order valence-corrected chi connectivity index (χ3v) is 23.6. The Hall–Kier alpha value is -11.9. The maximum Gasteiger partial charge on any atom is 0.489 e. The summed E-state index contributed by atoms with van der Waals surface area (Å²) in [6.45, 7) is 43.7. The highest BCUT2D eigenvalue weighted by Crippen LogP contribution is 2.41. The highest BCUT2D eigenvalue weighted by atomic mass is 35.5. The number of anilines is 2. The number of benzene rings is 2. The minimum absolute atomic E-state index is 0. The number of piperazine rings is 3. The van der Waals surface area contributed by atoms with Gasteiger partial charge in [0.05, 0.1) is 94.5 Å². The van der Waals surface area contributed by atoms with E-state index >= 15 is 0 Å². The van der Waals surface area contributed by atoms with Crippen molar-refractivity contribution in [1.29, 1.82) is 0 Å². The molecule has 0 bridgehead atoms. The van der Waals surface area contributed by atoms with E-state index in [0.29, 0.717) is 112 Å². The zero-order chi connectivity index (χ0) is 90.6. The van der Waals surface area contributed by atoms with Gasteiger partial charge in [0.25, 0.3) is 5.56 Å². The number of carbonyl (C=O) groups excluding carboxylic acids is 3. The second-order valence-corrected chi connectivity index (χ2v) is 33.6. The van der Waals surface area contributed by atoms with E-state index in [9.17, 15) is 33.6 Å². The molecular weight excluding hydrogens is 1730 g/mol. The lowest BCUT2D eigenvalue weighted by Gasteiger charge is -2.40. The Morgan fingerprint density at radius 2 is 0.883 bits per heavy atom. The predicted octanol–water partition coefficient (Wildman–Crippen LogP) is 14.1. The third kappa shape index (κ3) is 20.6. The van der Waals surface area contributed by atoms with Crippen LogP contribution in [0.15, 0.2) is 149 Å². The quantitative estimate of drug-likeness (QED) is 0.0355. The van der Waals surface area contributed by atoms with Crippen molar-refractivity contribution >= 4 is 155 Å². The number of carbonyl (C=O) groups is 3. The van der Waals surface area contributed by atoms with Crippen LogP contribution < -0.4 is 43.2 Å². The number of nitrogens with one attached hydrogen (secondary N) is 4. The summed E-state index contributed by atoms with van der Waals surface area (Å²) in [5, 5.41) is 39.4. The van der Waals surface area contributed by atoms with Crippen LogP contribution in [-0.4, -0.2) is 206 Å². The summed E-state index contributed by atoms with van der Waals surface area (Å²) in [5.41, 5.74) is 11.0. The molecule has 14 heterocycles. The normalized spacial score (nSPS) is 14.9. The van der Waals surface area contributed by atoms with Gasteiger partial charge in [-0.3, -0.25) is 49.3 Å². The number of aromatic nitrogens is 16. The zero-order valence-corrected chi connectivity index (χ0v) is 75.4. The van der Waals surface area contributed by atoms with Crippen molar-refractivity contribution in [2.75, 3.05) is 68.7 Å². The van der Waals surface area contributed by atoms with E-state index in [2.05, 4.69) is 97.1 Å². The first-order valence-corrected chi connectivity index (χ1v) is 42.4. The van der Waals surface area contributed by atoms with Gasteiger partial charge in [-0.05, 0) is 168 Å². The van der Waals surface area contributed by atoms with Gasteiger partial charge in [0.1, 0.15) is 21.9 Å². The second kappa shape index (κ2) is 42.4. The van der Waals surface area contributed by atoms with Crippen LogP contribution in [-0.2, 0) is 14.4 Å². The second-order valence-electron chi connectivity index (χ2n) is 31.7. The van der Waals surface area contributed by atoms with Crippen molar-refractivity contribution in [3.8, 4) is 28.3 Å². The third-order valence-electron chi connectivity index (χ3n) is 22.0. The van der Waals surface area contributed by atoms with Gasteiger partial charge in [-0.1, -0.05) is 159 Å². The Bertz CT molecular complexity index is 6650. The van der Waals surface area contributed by atoms with E-state index in [1.165, 1.54) is 33.4 Å². The number of aromatic amines is 3. The summed E-state index contributed by atoms with van der Waals surface area (Å²) in [6, 6.07) is 18.3. The summed E-state index contributed by atoms with van der Waals surface area (Å²) in [4.78, 5) is 136. The van der Waals surface area contributed by atoms with Gasteiger partial charge in [-0.25, -0.2) is 43.0 Å². The maximum atomic E-state index is 14.2. The molecule has 3 amide bonds. The van der Waals surface area contributed by atoms with Crippen LogP contribution >= 0.6 is 58.0 Å². The number of hydrogen-bond acceptors (Lipinski definition) is 22. The Morgan fingerprint density at radius 1 is 0.484 bits per heavy atom. The molecule has 31 nitrogen and oxygen atoms in total. The maximum absolute atomic E-state index is 14.2. The molecule has 11 aromatic heterocycles. The molecule has 0 spiro atoms. The first-order chi connectivity index (χ1) is 59.5. The molecule has 16 rings (SSSR count). The van der Waals surface area contributed by atoms with Gasteiger partial charge >= 0.3 is 24.2 Å². The molecule has 37 heteroatoms. The lowest BCUT2D eigenvalue weighted by Crippen LogP contribution is -2.54. The molecule has 2 aromatic carbocycles. The van der Waals surface area contributed by atoms with Crippen molar-refractivity contribution in [2.24, 2.45) is 0 Å². The average molecular weight is 1840 g/mol. The number of nitrogens with zero attached hydrogens (tertiary/aromatic N) is 18. The number of amides is 3. The zero-order valence-electron chi connectivity index (χ0n) is 71.6. The summed E-state index contributed by atoms with van der Waals surface area (Å²) in [7, 11) is -1.44. The first-order valence-electron chi connectivity index (χ1n) is 40.5. The van der Waals surface area contributed by atoms with Crippen LogP contribution in [0.3, 0.4) is 0 Å². The number of pyridine rings is 6. The Kier molecular flexibility index (Phi) is 33.1. The van der Waals surface area contributed by atoms with Crippen LogP contribution in [0, 0.1) is 34.6 Å². The number of fused-ring (bicyclic) bond motifs is 5. The molecule has 0 aliphatic carbocycles. The molecule has 128 heavy (non-hydrogen) atoms. The van der Waals surface area contributed by atoms with Gasteiger partial charge in [-0.2, -0.15) is 20.2 Å². The van der Waals surface area contributed by atoms with E-state index in [-0.39, 0.29) is 101 Å². The van der Waals surface area contributed by atoms with E-state index < -0.39 is 29.7 Å². The van der Waals surface area contributed by atoms with Crippen LogP contribution in [0.2, 0.25) is 25.4 Å². The number of H-pyrrole nitrogens is 3. The molecule has 3 atom stereocenters. The minimum Gasteiger partial charge on any atom is -0.423 e. The van der Waals surface area contributed by atoms with E-state index in [0.717, 1.165) is 91.9 Å². The van der Waals surface area contributed by atoms with E-state index in [1.807, 2.05) is 142 Å². The molecule has 0 radical (unpaired) electrons. The average Bonchev–Trinajstić information content (AvgIpc) is 0.837. The molecule has 3 aliphatic rings. The highest BCUT2D eigenvalue weighted by Gasteiger charge is 2.34. The summed E-state index contributed by atoms with van der Waals surface area (Å²) in [6.07, 6.45) is 12.5. The number of hydrogen-bond donors (Lipinski definition) is 6. The Morgan fingerprint density at radius 3 is 1.31 bits per heavy atom. The van der Waals surface area contributed by atoms with Crippen LogP contribution in [0.1, 0.15) is 147 Å². The predicted molar refractivity (Wildman–Crippen MR) is 515 cm³/mol.